The van der Waals surface area contributed by atoms with E-state index in [0.717, 1.165) is 0 Å². The van der Waals surface area contributed by atoms with E-state index < -0.39 is 7.96 Å². The minimum atomic E-state index is -1.60. The highest BCUT2D eigenvalue weighted by Crippen LogP contribution is 2.42. The molecule has 1 unspecified atom stereocenters. The van der Waals surface area contributed by atoms with E-state index in [-0.39, 0.29) is 0 Å². The Balaban J connectivity index is 3.39. The van der Waals surface area contributed by atoms with Crippen LogP contribution in [0.2, 0.25) is 0 Å². The molecule has 0 radical (unpaired) electrons. The zero-order valence-electron chi connectivity index (χ0n) is 3.44. The number of halogens is 4. The lowest BCUT2D eigenvalue weighted by Gasteiger charge is -2.08. The second-order valence-corrected chi connectivity index (χ2v) is 5.87. The van der Waals surface area contributed by atoms with Crippen molar-refractivity contribution in [2.24, 2.45) is 0 Å². The lowest BCUT2D eigenvalue weighted by atomic mass is 11.7. The maximum Gasteiger partial charge on any atom is 0.240 e. The molecule has 0 saturated heterocycles. The first-order valence-corrected chi connectivity index (χ1v) is 4.01. The van der Waals surface area contributed by atoms with Gasteiger partial charge in [-0.25, -0.2) is 4.39 Å². The van der Waals surface area contributed by atoms with Crippen LogP contribution in [0.15, 0.2) is 0 Å². The summed E-state index contributed by atoms with van der Waals surface area (Å²) in [7, 11) is 0. The highest BCUT2D eigenvalue weighted by atomic mass is 35.6. The SMILES string of the molecule is FC(S)SC(Cl)(Cl)Cl. The maximum atomic E-state index is 11.8. The van der Waals surface area contributed by atoms with Gasteiger partial charge in [0.2, 0.25) is 3.12 Å². The zero-order chi connectivity index (χ0) is 6.78. The lowest BCUT2D eigenvalue weighted by molar-refractivity contribution is 0.571. The molecule has 0 aliphatic rings. The Morgan fingerprint density at radius 3 is 1.88 bits per heavy atom. The van der Waals surface area contributed by atoms with Crippen molar-refractivity contribution in [2.45, 2.75) is 7.96 Å². The average Bonchev–Trinajstić information content (AvgIpc) is 1.21. The van der Waals surface area contributed by atoms with Crippen molar-refractivity contribution in [3.8, 4) is 0 Å². The molecule has 0 bridgehead atoms. The van der Waals surface area contributed by atoms with Gasteiger partial charge >= 0.3 is 0 Å². The van der Waals surface area contributed by atoms with Crippen LogP contribution < -0.4 is 0 Å². The third kappa shape index (κ3) is 7.50. The van der Waals surface area contributed by atoms with Gasteiger partial charge in [0.25, 0.3) is 0 Å². The number of hydrogen-bond acceptors (Lipinski definition) is 2. The van der Waals surface area contributed by atoms with Crippen molar-refractivity contribution in [1.29, 1.82) is 0 Å². The molecule has 0 spiro atoms. The molecule has 0 saturated carbocycles. The van der Waals surface area contributed by atoms with E-state index in [2.05, 4.69) is 12.6 Å². The predicted octanol–water partition coefficient (Wildman–Crippen LogP) is 3.23. The molecule has 0 aliphatic heterocycles. The Kier molecular flexibility index (Phi) is 4.29. The molecule has 8 heavy (non-hydrogen) atoms. The second-order valence-electron chi connectivity index (χ2n) is 0.856. The molecule has 0 fully saturated rings. The van der Waals surface area contributed by atoms with Gasteiger partial charge in [-0.1, -0.05) is 46.6 Å². The van der Waals surface area contributed by atoms with E-state index in [1.807, 2.05) is 0 Å². The van der Waals surface area contributed by atoms with Gasteiger partial charge in [0.05, 0.1) is 0 Å². The fourth-order valence-electron chi connectivity index (χ4n) is 0.110. The fraction of sp³-hybridized carbons (Fsp3) is 1.00. The molecule has 0 nitrogen and oxygen atoms in total. The van der Waals surface area contributed by atoms with Crippen molar-refractivity contribution in [3.05, 3.63) is 0 Å². The van der Waals surface area contributed by atoms with Gasteiger partial charge in [0.1, 0.15) is 0 Å². The summed E-state index contributed by atoms with van der Waals surface area (Å²) in [6, 6.07) is 0. The summed E-state index contributed by atoms with van der Waals surface area (Å²) in [5, 5.41) is 0. The molecule has 0 aromatic heterocycles. The predicted molar refractivity (Wildman–Crippen MR) is 41.8 cm³/mol. The standard InChI is InChI=1S/C2H2Cl3FS2/c3-2(4,5)8-1(6)7/h1,7H. The van der Waals surface area contributed by atoms with Gasteiger partial charge in [-0.15, -0.1) is 12.6 Å². The molecular weight excluding hydrogens is 214 g/mol. The van der Waals surface area contributed by atoms with Crippen LogP contribution in [-0.2, 0) is 0 Å². The van der Waals surface area contributed by atoms with E-state index in [1.54, 1.807) is 0 Å². The van der Waals surface area contributed by atoms with Crippen LogP contribution in [0, 0.1) is 0 Å². The van der Waals surface area contributed by atoms with Crippen molar-refractivity contribution < 1.29 is 4.39 Å². The molecule has 0 aromatic carbocycles. The third-order valence-corrected chi connectivity index (χ3v) is 1.81. The molecule has 50 valence electrons. The Labute approximate surface area is 71.5 Å². The molecule has 0 rings (SSSR count). The van der Waals surface area contributed by atoms with Gasteiger partial charge in [-0.05, 0) is 0 Å². The first-order valence-electron chi connectivity index (χ1n) is 1.48. The number of hydrogen-bond donors (Lipinski definition) is 1. The van der Waals surface area contributed by atoms with Crippen LogP contribution in [0.1, 0.15) is 0 Å². The van der Waals surface area contributed by atoms with E-state index in [9.17, 15) is 4.39 Å². The number of thiol groups is 1. The Morgan fingerprint density at radius 2 is 1.88 bits per heavy atom. The van der Waals surface area contributed by atoms with Crippen molar-refractivity contribution in [1.82, 2.24) is 0 Å². The molecule has 0 aromatic rings. The third-order valence-electron chi connectivity index (χ3n) is 0.231. The Bertz CT molecular complexity index is 70.2. The quantitative estimate of drug-likeness (QED) is 0.398. The highest BCUT2D eigenvalue weighted by molar-refractivity contribution is 8.13. The van der Waals surface area contributed by atoms with Gasteiger partial charge in [0.15, 0.2) is 4.84 Å². The monoisotopic (exact) mass is 214 g/mol. The molecule has 0 aliphatic carbocycles. The van der Waals surface area contributed by atoms with Crippen molar-refractivity contribution in [3.63, 3.8) is 0 Å². The Morgan fingerprint density at radius 1 is 1.50 bits per heavy atom. The molecule has 1 atom stereocenters. The minimum absolute atomic E-state index is 0.505. The van der Waals surface area contributed by atoms with Gasteiger partial charge in [-0.3, -0.25) is 0 Å². The summed E-state index contributed by atoms with van der Waals surface area (Å²) in [5.41, 5.74) is 0. The minimum Gasteiger partial charge on any atom is -0.224 e. The maximum absolute atomic E-state index is 11.8. The number of rotatable bonds is 1. The van der Waals surface area contributed by atoms with Crippen LogP contribution in [0.25, 0.3) is 0 Å². The number of alkyl halides is 4. The van der Waals surface area contributed by atoms with E-state index >= 15 is 0 Å². The van der Waals surface area contributed by atoms with Gasteiger partial charge in [-0.2, -0.15) is 0 Å². The lowest BCUT2D eigenvalue weighted by Crippen LogP contribution is -1.97. The largest absolute Gasteiger partial charge is 0.240 e. The van der Waals surface area contributed by atoms with Crippen LogP contribution >= 0.6 is 59.2 Å². The smallest absolute Gasteiger partial charge is 0.224 e. The van der Waals surface area contributed by atoms with E-state index in [0.29, 0.717) is 11.8 Å². The topological polar surface area (TPSA) is 0 Å². The van der Waals surface area contributed by atoms with Crippen LogP contribution in [-0.4, -0.2) is 7.96 Å². The summed E-state index contributed by atoms with van der Waals surface area (Å²) in [6.07, 6.45) is 0. The summed E-state index contributed by atoms with van der Waals surface area (Å²) in [4.78, 5) is -1.44. The zero-order valence-corrected chi connectivity index (χ0v) is 7.42. The molecule has 0 amide bonds. The second kappa shape index (κ2) is 3.62. The summed E-state index contributed by atoms with van der Waals surface area (Å²) < 4.78 is 10.2. The molecular formula is C2H2Cl3FS2. The first kappa shape index (κ1) is 9.50. The first-order chi connectivity index (χ1) is 3.42. The molecule has 0 heterocycles. The molecule has 0 N–H and O–H groups in total. The summed E-state index contributed by atoms with van der Waals surface area (Å²) in [6.45, 7) is 0. The van der Waals surface area contributed by atoms with E-state index in [4.69, 9.17) is 34.8 Å². The summed E-state index contributed by atoms with van der Waals surface area (Å²) in [5.74, 6) is 0. The van der Waals surface area contributed by atoms with E-state index in [1.165, 1.54) is 0 Å². The fourth-order valence-corrected chi connectivity index (χ4v) is 2.07. The van der Waals surface area contributed by atoms with Gasteiger partial charge in [0, 0.05) is 0 Å². The molecule has 6 heteroatoms. The average molecular weight is 216 g/mol. The van der Waals surface area contributed by atoms with Gasteiger partial charge < -0.3 is 0 Å². The van der Waals surface area contributed by atoms with Crippen LogP contribution in [0.4, 0.5) is 4.39 Å². The van der Waals surface area contributed by atoms with Crippen molar-refractivity contribution >= 4 is 59.2 Å². The normalized spacial score (nSPS) is 16.1. The number of thioether (sulfide) groups is 1. The van der Waals surface area contributed by atoms with Crippen LogP contribution in [0.3, 0.4) is 0 Å². The van der Waals surface area contributed by atoms with Crippen molar-refractivity contribution in [2.75, 3.05) is 0 Å². The van der Waals surface area contributed by atoms with Crippen LogP contribution in [0.5, 0.6) is 0 Å². The Hall–Kier alpha value is 1.50. The highest BCUT2D eigenvalue weighted by Gasteiger charge is 2.23. The summed E-state index contributed by atoms with van der Waals surface area (Å²) >= 11 is 19.2.